The van der Waals surface area contributed by atoms with Crippen molar-refractivity contribution in [2.75, 3.05) is 7.05 Å². The highest BCUT2D eigenvalue weighted by Crippen LogP contribution is 2.25. The van der Waals surface area contributed by atoms with Crippen LogP contribution in [-0.4, -0.2) is 31.8 Å². The molecular weight excluding hydrogens is 394 g/mol. The van der Waals surface area contributed by atoms with Gasteiger partial charge in [-0.25, -0.2) is 13.2 Å². The maximum Gasteiger partial charge on any atom is 0.343 e. The lowest BCUT2D eigenvalue weighted by molar-refractivity contribution is 0.0733. The van der Waals surface area contributed by atoms with Crippen LogP contribution in [0.25, 0.3) is 0 Å². The smallest absolute Gasteiger partial charge is 0.343 e. The molecule has 0 aliphatic carbocycles. The second kappa shape index (κ2) is 7.46. The summed E-state index contributed by atoms with van der Waals surface area (Å²) in [6, 6.07) is 12.5. The van der Waals surface area contributed by atoms with Crippen molar-refractivity contribution in [2.45, 2.75) is 24.8 Å². The number of para-hydroxylation sites is 1. The first-order chi connectivity index (χ1) is 11.2. The van der Waals surface area contributed by atoms with E-state index in [1.165, 1.54) is 35.6 Å². The van der Waals surface area contributed by atoms with Gasteiger partial charge in [0.1, 0.15) is 5.75 Å². The second-order valence-electron chi connectivity index (χ2n) is 5.46. The van der Waals surface area contributed by atoms with Crippen molar-refractivity contribution >= 4 is 31.9 Å². The van der Waals surface area contributed by atoms with Crippen LogP contribution < -0.4 is 4.74 Å². The van der Waals surface area contributed by atoms with Gasteiger partial charge in [0.2, 0.25) is 10.0 Å². The SMILES string of the molecule is CC(C)N(C)S(=O)(=O)c1ccc(C(=O)Oc2ccccc2Br)cc1. The first-order valence-electron chi connectivity index (χ1n) is 7.28. The number of nitrogens with zero attached hydrogens (tertiary/aromatic N) is 1. The Morgan fingerprint density at radius 1 is 1.08 bits per heavy atom. The number of carbonyl (C=O) groups is 1. The summed E-state index contributed by atoms with van der Waals surface area (Å²) in [6.07, 6.45) is 0. The zero-order valence-electron chi connectivity index (χ0n) is 13.6. The van der Waals surface area contributed by atoms with E-state index >= 15 is 0 Å². The molecule has 0 spiro atoms. The Balaban J connectivity index is 2.20. The van der Waals surface area contributed by atoms with Crippen LogP contribution in [0.4, 0.5) is 0 Å². The maximum absolute atomic E-state index is 12.4. The lowest BCUT2D eigenvalue weighted by atomic mass is 10.2. The lowest BCUT2D eigenvalue weighted by Gasteiger charge is -2.20. The van der Waals surface area contributed by atoms with Gasteiger partial charge in [-0.15, -0.1) is 0 Å². The molecule has 0 N–H and O–H groups in total. The fraction of sp³-hybridized carbons (Fsp3) is 0.235. The zero-order valence-corrected chi connectivity index (χ0v) is 16.0. The van der Waals surface area contributed by atoms with E-state index in [9.17, 15) is 13.2 Å². The number of esters is 1. The predicted molar refractivity (Wildman–Crippen MR) is 95.6 cm³/mol. The highest BCUT2D eigenvalue weighted by atomic mass is 79.9. The summed E-state index contributed by atoms with van der Waals surface area (Å²) in [6.45, 7) is 3.59. The summed E-state index contributed by atoms with van der Waals surface area (Å²) >= 11 is 3.30. The number of rotatable bonds is 5. The second-order valence-corrected chi connectivity index (χ2v) is 8.31. The maximum atomic E-state index is 12.4. The molecule has 0 aromatic heterocycles. The van der Waals surface area contributed by atoms with E-state index in [-0.39, 0.29) is 16.5 Å². The first kappa shape index (κ1) is 18.6. The van der Waals surface area contributed by atoms with Gasteiger partial charge >= 0.3 is 5.97 Å². The molecule has 24 heavy (non-hydrogen) atoms. The van der Waals surface area contributed by atoms with Crippen LogP contribution in [0.2, 0.25) is 0 Å². The van der Waals surface area contributed by atoms with Crippen LogP contribution in [0, 0.1) is 0 Å². The number of carbonyl (C=O) groups excluding carboxylic acids is 1. The van der Waals surface area contributed by atoms with Crippen LogP contribution in [0.5, 0.6) is 5.75 Å². The minimum atomic E-state index is -3.57. The number of halogens is 1. The van der Waals surface area contributed by atoms with E-state index in [2.05, 4.69) is 15.9 Å². The molecule has 0 aliphatic heterocycles. The highest BCUT2D eigenvalue weighted by Gasteiger charge is 2.23. The third kappa shape index (κ3) is 4.03. The van der Waals surface area contributed by atoms with Crippen LogP contribution in [0.1, 0.15) is 24.2 Å². The molecule has 0 atom stereocenters. The van der Waals surface area contributed by atoms with Gasteiger partial charge < -0.3 is 4.74 Å². The monoisotopic (exact) mass is 411 g/mol. The van der Waals surface area contributed by atoms with E-state index in [1.54, 1.807) is 32.0 Å². The van der Waals surface area contributed by atoms with Crippen LogP contribution in [0.15, 0.2) is 57.9 Å². The minimum absolute atomic E-state index is 0.135. The quantitative estimate of drug-likeness (QED) is 0.555. The number of hydrogen-bond donors (Lipinski definition) is 0. The van der Waals surface area contributed by atoms with E-state index in [1.807, 2.05) is 6.07 Å². The van der Waals surface area contributed by atoms with Crippen molar-refractivity contribution in [2.24, 2.45) is 0 Å². The van der Waals surface area contributed by atoms with E-state index in [0.29, 0.717) is 10.2 Å². The van der Waals surface area contributed by atoms with Crippen LogP contribution in [-0.2, 0) is 10.0 Å². The molecular formula is C17H18BrNO4S. The lowest BCUT2D eigenvalue weighted by Crippen LogP contribution is -2.33. The van der Waals surface area contributed by atoms with Crippen molar-refractivity contribution in [3.8, 4) is 5.75 Å². The summed E-state index contributed by atoms with van der Waals surface area (Å²) in [5.74, 6) is -0.151. The molecule has 2 aromatic rings. The zero-order chi connectivity index (χ0) is 17.9. The average Bonchev–Trinajstić information content (AvgIpc) is 2.56. The largest absolute Gasteiger partial charge is 0.422 e. The molecule has 2 rings (SSSR count). The molecule has 5 nitrogen and oxygen atoms in total. The molecule has 0 heterocycles. The summed E-state index contributed by atoms with van der Waals surface area (Å²) < 4.78 is 32.0. The normalized spacial score (nSPS) is 11.8. The number of ether oxygens (including phenoxy) is 1. The third-order valence-electron chi connectivity index (χ3n) is 3.53. The van der Waals surface area contributed by atoms with Gasteiger partial charge in [-0.05, 0) is 66.2 Å². The molecule has 0 radical (unpaired) electrons. The van der Waals surface area contributed by atoms with Crippen molar-refractivity contribution in [1.82, 2.24) is 4.31 Å². The Hall–Kier alpha value is -1.70. The van der Waals surface area contributed by atoms with Gasteiger partial charge in [0.05, 0.1) is 14.9 Å². The minimum Gasteiger partial charge on any atom is -0.422 e. The molecule has 0 saturated heterocycles. The van der Waals surface area contributed by atoms with Gasteiger partial charge in [-0.2, -0.15) is 4.31 Å². The summed E-state index contributed by atoms with van der Waals surface area (Å²) in [5.41, 5.74) is 0.275. The molecule has 128 valence electrons. The molecule has 7 heteroatoms. The molecule has 0 bridgehead atoms. The molecule has 0 aliphatic rings. The predicted octanol–water partition coefficient (Wildman–Crippen LogP) is 3.70. The van der Waals surface area contributed by atoms with Crippen molar-refractivity contribution in [1.29, 1.82) is 0 Å². The Morgan fingerprint density at radius 3 is 2.21 bits per heavy atom. The van der Waals surface area contributed by atoms with E-state index in [4.69, 9.17) is 4.74 Å². The van der Waals surface area contributed by atoms with E-state index < -0.39 is 16.0 Å². The number of benzene rings is 2. The summed E-state index contributed by atoms with van der Waals surface area (Å²) in [4.78, 5) is 12.3. The molecule has 0 saturated carbocycles. The third-order valence-corrected chi connectivity index (χ3v) is 6.24. The number of hydrogen-bond acceptors (Lipinski definition) is 4. The summed E-state index contributed by atoms with van der Waals surface area (Å²) in [5, 5.41) is 0. The van der Waals surface area contributed by atoms with Crippen LogP contribution >= 0.6 is 15.9 Å². The molecule has 0 amide bonds. The summed E-state index contributed by atoms with van der Waals surface area (Å²) in [7, 11) is -2.05. The van der Waals surface area contributed by atoms with Crippen LogP contribution in [0.3, 0.4) is 0 Å². The Morgan fingerprint density at radius 2 is 1.67 bits per heavy atom. The number of sulfonamides is 1. The average molecular weight is 412 g/mol. The molecule has 2 aromatic carbocycles. The molecule has 0 unspecified atom stereocenters. The van der Waals surface area contributed by atoms with E-state index in [0.717, 1.165) is 0 Å². The van der Waals surface area contributed by atoms with Gasteiger partial charge in [0, 0.05) is 13.1 Å². The van der Waals surface area contributed by atoms with Gasteiger partial charge in [0.15, 0.2) is 0 Å². The van der Waals surface area contributed by atoms with Crippen molar-refractivity contribution < 1.29 is 17.9 Å². The fourth-order valence-corrected chi connectivity index (χ4v) is 3.63. The van der Waals surface area contributed by atoms with Crippen molar-refractivity contribution in [3.63, 3.8) is 0 Å². The first-order valence-corrected chi connectivity index (χ1v) is 9.51. The van der Waals surface area contributed by atoms with Gasteiger partial charge in [-0.3, -0.25) is 0 Å². The Kier molecular flexibility index (Phi) is 5.79. The van der Waals surface area contributed by atoms with Gasteiger partial charge in [0.25, 0.3) is 0 Å². The Bertz CT molecular complexity index is 832. The van der Waals surface area contributed by atoms with Gasteiger partial charge in [-0.1, -0.05) is 12.1 Å². The topological polar surface area (TPSA) is 63.7 Å². The standard InChI is InChI=1S/C17H18BrNO4S/c1-12(2)19(3)24(21,22)14-10-8-13(9-11-14)17(20)23-16-7-5-4-6-15(16)18/h4-12H,1-3H3. The Labute approximate surface area is 150 Å². The molecule has 0 fully saturated rings. The highest BCUT2D eigenvalue weighted by molar-refractivity contribution is 9.10. The van der Waals surface area contributed by atoms with Crippen molar-refractivity contribution in [3.05, 3.63) is 58.6 Å². The fourth-order valence-electron chi connectivity index (χ4n) is 1.89.